The average Bonchev–Trinajstić information content (AvgIpc) is 2.77. The third-order valence-corrected chi connectivity index (χ3v) is 5.13. The van der Waals surface area contributed by atoms with Crippen molar-refractivity contribution in [2.24, 2.45) is 0 Å². The molecule has 0 fully saturated rings. The van der Waals surface area contributed by atoms with E-state index >= 15 is 0 Å². The van der Waals surface area contributed by atoms with Gasteiger partial charge in [-0.2, -0.15) is 0 Å². The third kappa shape index (κ3) is 4.86. The van der Waals surface area contributed by atoms with Gasteiger partial charge in [0.15, 0.2) is 0 Å². The van der Waals surface area contributed by atoms with Gasteiger partial charge in [-0.3, -0.25) is 14.4 Å². The Bertz CT molecular complexity index is 1120. The number of hydrogen-bond donors (Lipinski definition) is 1. The average molecular weight is 409 g/mol. The number of amides is 1. The SMILES string of the molecule is CCn1c(=O)c(=O)[nH]c2cc(C(=O)N(CCCc3ccccc3)CCOC)ccc21. The van der Waals surface area contributed by atoms with Crippen LogP contribution in [0.1, 0.15) is 29.3 Å². The molecule has 1 heterocycles. The first-order valence-electron chi connectivity index (χ1n) is 10.1. The van der Waals surface area contributed by atoms with E-state index in [2.05, 4.69) is 17.1 Å². The van der Waals surface area contributed by atoms with Crippen molar-refractivity contribution in [3.8, 4) is 0 Å². The van der Waals surface area contributed by atoms with Crippen molar-refractivity contribution >= 4 is 16.9 Å². The second-order valence-electron chi connectivity index (χ2n) is 7.11. The number of aromatic amines is 1. The molecule has 0 aliphatic heterocycles. The van der Waals surface area contributed by atoms with Gasteiger partial charge in [0, 0.05) is 32.3 Å². The Morgan fingerprint density at radius 3 is 2.57 bits per heavy atom. The molecule has 0 aliphatic carbocycles. The second-order valence-corrected chi connectivity index (χ2v) is 7.11. The zero-order chi connectivity index (χ0) is 21.5. The van der Waals surface area contributed by atoms with Gasteiger partial charge < -0.3 is 19.2 Å². The molecule has 3 aromatic rings. The van der Waals surface area contributed by atoms with Crippen molar-refractivity contribution in [1.29, 1.82) is 0 Å². The first-order valence-corrected chi connectivity index (χ1v) is 10.1. The number of benzene rings is 2. The highest BCUT2D eigenvalue weighted by molar-refractivity contribution is 5.97. The second kappa shape index (κ2) is 10.0. The monoisotopic (exact) mass is 409 g/mol. The van der Waals surface area contributed by atoms with Crippen LogP contribution in [0.2, 0.25) is 0 Å². The summed E-state index contributed by atoms with van der Waals surface area (Å²) in [6.07, 6.45) is 1.71. The largest absolute Gasteiger partial charge is 0.383 e. The van der Waals surface area contributed by atoms with E-state index in [1.807, 2.05) is 18.2 Å². The smallest absolute Gasteiger partial charge is 0.316 e. The van der Waals surface area contributed by atoms with Crippen LogP contribution in [-0.2, 0) is 17.7 Å². The van der Waals surface area contributed by atoms with Crippen LogP contribution in [-0.4, -0.2) is 47.2 Å². The number of nitrogens with one attached hydrogen (secondary N) is 1. The Hall–Kier alpha value is -3.19. The highest BCUT2D eigenvalue weighted by Crippen LogP contribution is 2.14. The third-order valence-electron chi connectivity index (χ3n) is 5.13. The maximum Gasteiger partial charge on any atom is 0.316 e. The van der Waals surface area contributed by atoms with Crippen LogP contribution in [0.5, 0.6) is 0 Å². The Morgan fingerprint density at radius 2 is 1.87 bits per heavy atom. The number of fused-ring (bicyclic) bond motifs is 1. The molecule has 7 heteroatoms. The van der Waals surface area contributed by atoms with Crippen LogP contribution in [0.25, 0.3) is 11.0 Å². The van der Waals surface area contributed by atoms with Gasteiger partial charge in [0.25, 0.3) is 5.91 Å². The molecule has 3 rings (SSSR count). The summed E-state index contributed by atoms with van der Waals surface area (Å²) in [4.78, 5) is 41.5. The number of ether oxygens (including phenoxy) is 1. The van der Waals surface area contributed by atoms with Crippen LogP contribution >= 0.6 is 0 Å². The Balaban J connectivity index is 1.82. The number of aromatic nitrogens is 2. The summed E-state index contributed by atoms with van der Waals surface area (Å²) in [5.41, 5.74) is 1.50. The molecule has 0 saturated carbocycles. The van der Waals surface area contributed by atoms with Gasteiger partial charge >= 0.3 is 11.1 Å². The molecule has 1 amide bonds. The van der Waals surface area contributed by atoms with E-state index in [9.17, 15) is 14.4 Å². The molecule has 7 nitrogen and oxygen atoms in total. The number of H-pyrrole nitrogens is 1. The van der Waals surface area contributed by atoms with Gasteiger partial charge in [-0.1, -0.05) is 30.3 Å². The van der Waals surface area contributed by atoms with Crippen LogP contribution in [0.15, 0.2) is 58.1 Å². The number of nitrogens with zero attached hydrogens (tertiary/aromatic N) is 2. The van der Waals surface area contributed by atoms with Crippen molar-refractivity contribution < 1.29 is 9.53 Å². The summed E-state index contributed by atoms with van der Waals surface area (Å²) < 4.78 is 6.58. The quantitative estimate of drug-likeness (QED) is 0.550. The number of carbonyl (C=O) groups excluding carboxylic acids is 1. The molecule has 0 aliphatic rings. The van der Waals surface area contributed by atoms with Gasteiger partial charge in [-0.05, 0) is 43.5 Å². The lowest BCUT2D eigenvalue weighted by Crippen LogP contribution is -2.36. The first kappa shape index (κ1) is 21.5. The van der Waals surface area contributed by atoms with Gasteiger partial charge in [-0.25, -0.2) is 0 Å². The topological polar surface area (TPSA) is 84.4 Å². The van der Waals surface area contributed by atoms with E-state index in [-0.39, 0.29) is 5.91 Å². The lowest BCUT2D eigenvalue weighted by Gasteiger charge is -2.23. The number of methoxy groups -OCH3 is 1. The van der Waals surface area contributed by atoms with Gasteiger partial charge in [0.1, 0.15) is 0 Å². The summed E-state index contributed by atoms with van der Waals surface area (Å²) in [7, 11) is 1.61. The molecule has 0 radical (unpaired) electrons. The molecular formula is C23H27N3O4. The summed E-state index contributed by atoms with van der Waals surface area (Å²) in [5, 5.41) is 0. The minimum atomic E-state index is -0.687. The Labute approximate surface area is 174 Å². The normalized spacial score (nSPS) is 11.0. The molecule has 158 valence electrons. The molecule has 0 spiro atoms. The van der Waals surface area contributed by atoms with Crippen molar-refractivity contribution in [2.45, 2.75) is 26.3 Å². The maximum absolute atomic E-state index is 13.2. The zero-order valence-electron chi connectivity index (χ0n) is 17.4. The molecular weight excluding hydrogens is 382 g/mol. The number of carbonyl (C=O) groups is 1. The molecule has 0 bridgehead atoms. The Kier molecular flexibility index (Phi) is 7.19. The Morgan fingerprint density at radius 1 is 1.10 bits per heavy atom. The fraction of sp³-hybridized carbons (Fsp3) is 0.348. The van der Waals surface area contributed by atoms with E-state index in [0.717, 1.165) is 12.8 Å². The summed E-state index contributed by atoms with van der Waals surface area (Å²) in [6, 6.07) is 15.2. The minimum absolute atomic E-state index is 0.128. The van der Waals surface area contributed by atoms with E-state index in [1.54, 1.807) is 37.1 Å². The molecule has 0 unspecified atom stereocenters. The van der Waals surface area contributed by atoms with Crippen molar-refractivity contribution in [2.75, 3.05) is 26.8 Å². The molecule has 2 aromatic carbocycles. The summed E-state index contributed by atoms with van der Waals surface area (Å²) >= 11 is 0. The summed E-state index contributed by atoms with van der Waals surface area (Å²) in [6.45, 7) is 3.70. The highest BCUT2D eigenvalue weighted by atomic mass is 16.5. The van der Waals surface area contributed by atoms with Crippen LogP contribution in [0.4, 0.5) is 0 Å². The van der Waals surface area contributed by atoms with E-state index in [0.29, 0.717) is 42.8 Å². The highest BCUT2D eigenvalue weighted by Gasteiger charge is 2.17. The molecule has 1 aromatic heterocycles. The van der Waals surface area contributed by atoms with Crippen molar-refractivity contribution in [1.82, 2.24) is 14.5 Å². The molecule has 0 saturated heterocycles. The van der Waals surface area contributed by atoms with Gasteiger partial charge in [0.2, 0.25) is 0 Å². The first-order chi connectivity index (χ1) is 14.5. The van der Waals surface area contributed by atoms with Gasteiger partial charge in [0.05, 0.1) is 17.6 Å². The summed E-state index contributed by atoms with van der Waals surface area (Å²) in [5.74, 6) is -0.128. The molecule has 1 N–H and O–H groups in total. The zero-order valence-corrected chi connectivity index (χ0v) is 17.4. The van der Waals surface area contributed by atoms with E-state index in [1.165, 1.54) is 10.1 Å². The fourth-order valence-electron chi connectivity index (χ4n) is 3.54. The van der Waals surface area contributed by atoms with Crippen molar-refractivity contribution in [3.63, 3.8) is 0 Å². The number of rotatable bonds is 9. The molecule has 30 heavy (non-hydrogen) atoms. The van der Waals surface area contributed by atoms with Gasteiger partial charge in [-0.15, -0.1) is 0 Å². The number of hydrogen-bond acceptors (Lipinski definition) is 4. The lowest BCUT2D eigenvalue weighted by molar-refractivity contribution is 0.0693. The van der Waals surface area contributed by atoms with E-state index < -0.39 is 11.1 Å². The lowest BCUT2D eigenvalue weighted by atomic mass is 10.1. The van der Waals surface area contributed by atoms with Crippen molar-refractivity contribution in [3.05, 3.63) is 80.4 Å². The molecule has 0 atom stereocenters. The minimum Gasteiger partial charge on any atom is -0.383 e. The predicted octanol–water partition coefficient (Wildman–Crippen LogP) is 2.43. The van der Waals surface area contributed by atoms with Crippen LogP contribution in [0, 0.1) is 0 Å². The van der Waals surface area contributed by atoms with E-state index in [4.69, 9.17) is 4.74 Å². The maximum atomic E-state index is 13.2. The van der Waals surface area contributed by atoms with Crippen LogP contribution in [0.3, 0.4) is 0 Å². The predicted molar refractivity (Wildman–Crippen MR) is 117 cm³/mol. The van der Waals surface area contributed by atoms with Crippen LogP contribution < -0.4 is 11.1 Å². The standard InChI is InChI=1S/C23H27N3O4/c1-3-26-20-12-11-18(16-19(20)24-21(27)23(26)29)22(28)25(14-15-30-2)13-7-10-17-8-5-4-6-9-17/h4-6,8-9,11-12,16H,3,7,10,13-15H2,1-2H3,(H,24,27). The fourth-order valence-corrected chi connectivity index (χ4v) is 3.54. The number of aryl methyl sites for hydroxylation is 2.